The second-order valence-corrected chi connectivity index (χ2v) is 6.06. The van der Waals surface area contributed by atoms with Crippen molar-refractivity contribution in [1.82, 2.24) is 9.97 Å². The second-order valence-electron chi connectivity index (χ2n) is 6.06. The molecule has 1 atom stereocenters. The largest absolute Gasteiger partial charge is 0.393 e. The van der Waals surface area contributed by atoms with Crippen LogP contribution in [0.15, 0.2) is 18.2 Å². The van der Waals surface area contributed by atoms with Crippen LogP contribution in [0.4, 0.5) is 5.82 Å². The Kier molecular flexibility index (Phi) is 3.95. The van der Waals surface area contributed by atoms with Gasteiger partial charge < -0.3 is 10.0 Å². The Bertz CT molecular complexity index is 727. The van der Waals surface area contributed by atoms with Crippen LogP contribution in [0.1, 0.15) is 31.0 Å². The van der Waals surface area contributed by atoms with Gasteiger partial charge in [0, 0.05) is 13.1 Å². The smallest absolute Gasteiger partial charge is 0.183 e. The summed E-state index contributed by atoms with van der Waals surface area (Å²) in [6, 6.07) is 8.08. The molecule has 1 aliphatic heterocycles. The molecule has 0 unspecified atom stereocenters. The van der Waals surface area contributed by atoms with Crippen molar-refractivity contribution in [2.24, 2.45) is 5.92 Å². The third-order valence-electron chi connectivity index (χ3n) is 4.43. The molecular formula is C17H20N4O. The van der Waals surface area contributed by atoms with Crippen molar-refractivity contribution in [3.63, 3.8) is 0 Å². The fourth-order valence-corrected chi connectivity index (χ4v) is 3.04. The van der Waals surface area contributed by atoms with Crippen LogP contribution < -0.4 is 4.90 Å². The molecule has 1 saturated heterocycles. The summed E-state index contributed by atoms with van der Waals surface area (Å²) in [7, 11) is 0. The van der Waals surface area contributed by atoms with E-state index in [0.717, 1.165) is 42.5 Å². The molecule has 22 heavy (non-hydrogen) atoms. The maximum atomic E-state index is 9.70. The van der Waals surface area contributed by atoms with E-state index in [-0.39, 0.29) is 6.10 Å². The molecule has 3 rings (SSSR count). The number of nitriles is 1. The zero-order valence-electron chi connectivity index (χ0n) is 13.0. The maximum absolute atomic E-state index is 9.70. The van der Waals surface area contributed by atoms with Crippen LogP contribution in [0.5, 0.6) is 0 Å². The maximum Gasteiger partial charge on any atom is 0.183 e. The SMILES string of the molecule is Cc1ccc2nc(N3CCC([C@@H](C)O)CC3)c(C#N)nc2c1. The molecule has 1 aromatic carbocycles. The van der Waals surface area contributed by atoms with Crippen LogP contribution in [-0.4, -0.2) is 34.3 Å². The Morgan fingerprint density at radius 1 is 1.27 bits per heavy atom. The van der Waals surface area contributed by atoms with E-state index in [1.165, 1.54) is 0 Å². The molecule has 1 aromatic heterocycles. The Hall–Kier alpha value is -2.19. The lowest BCUT2D eigenvalue weighted by molar-refractivity contribution is 0.110. The minimum absolute atomic E-state index is 0.275. The van der Waals surface area contributed by atoms with Gasteiger partial charge in [-0.05, 0) is 50.3 Å². The van der Waals surface area contributed by atoms with E-state index < -0.39 is 0 Å². The third-order valence-corrected chi connectivity index (χ3v) is 4.43. The molecule has 5 heteroatoms. The summed E-state index contributed by atoms with van der Waals surface area (Å²) in [4.78, 5) is 11.2. The predicted octanol–water partition coefficient (Wildman–Crippen LogP) is 2.41. The average Bonchev–Trinajstić information content (AvgIpc) is 2.53. The molecule has 0 saturated carbocycles. The monoisotopic (exact) mass is 296 g/mol. The summed E-state index contributed by atoms with van der Waals surface area (Å²) in [5.74, 6) is 1.00. The summed E-state index contributed by atoms with van der Waals surface area (Å²) >= 11 is 0. The number of aryl methyl sites for hydroxylation is 1. The number of rotatable bonds is 2. The van der Waals surface area contributed by atoms with Crippen molar-refractivity contribution in [3.8, 4) is 6.07 Å². The van der Waals surface area contributed by atoms with Gasteiger partial charge >= 0.3 is 0 Å². The molecule has 1 fully saturated rings. The van der Waals surface area contributed by atoms with E-state index in [9.17, 15) is 10.4 Å². The lowest BCUT2D eigenvalue weighted by Gasteiger charge is -2.34. The first-order chi connectivity index (χ1) is 10.6. The second kappa shape index (κ2) is 5.90. The molecule has 1 N–H and O–H groups in total. The van der Waals surface area contributed by atoms with Crippen molar-refractivity contribution >= 4 is 16.9 Å². The van der Waals surface area contributed by atoms with Crippen LogP contribution in [0, 0.1) is 24.2 Å². The molecule has 2 aromatic rings. The number of aliphatic hydroxyl groups is 1. The summed E-state index contributed by atoms with van der Waals surface area (Å²) in [6.45, 7) is 5.45. The van der Waals surface area contributed by atoms with Crippen molar-refractivity contribution in [2.75, 3.05) is 18.0 Å². The highest BCUT2D eigenvalue weighted by atomic mass is 16.3. The van der Waals surface area contributed by atoms with Gasteiger partial charge in [0.25, 0.3) is 0 Å². The van der Waals surface area contributed by atoms with Gasteiger partial charge in [-0.3, -0.25) is 0 Å². The fourth-order valence-electron chi connectivity index (χ4n) is 3.04. The quantitative estimate of drug-likeness (QED) is 0.921. The van der Waals surface area contributed by atoms with E-state index in [0.29, 0.717) is 17.4 Å². The summed E-state index contributed by atoms with van der Waals surface area (Å²) < 4.78 is 0. The highest BCUT2D eigenvalue weighted by molar-refractivity contribution is 5.78. The van der Waals surface area contributed by atoms with Gasteiger partial charge in [0.15, 0.2) is 11.5 Å². The van der Waals surface area contributed by atoms with Crippen molar-refractivity contribution < 1.29 is 5.11 Å². The van der Waals surface area contributed by atoms with Gasteiger partial charge in [-0.15, -0.1) is 0 Å². The van der Waals surface area contributed by atoms with E-state index in [1.54, 1.807) is 0 Å². The number of anilines is 1. The number of fused-ring (bicyclic) bond motifs is 1. The van der Waals surface area contributed by atoms with E-state index in [2.05, 4.69) is 20.9 Å². The van der Waals surface area contributed by atoms with E-state index in [4.69, 9.17) is 0 Å². The Morgan fingerprint density at radius 3 is 2.64 bits per heavy atom. The highest BCUT2D eigenvalue weighted by Crippen LogP contribution is 2.27. The Balaban J connectivity index is 1.94. The highest BCUT2D eigenvalue weighted by Gasteiger charge is 2.25. The summed E-state index contributed by atoms with van der Waals surface area (Å²) in [5.41, 5.74) is 3.07. The molecule has 1 aliphatic rings. The molecule has 0 amide bonds. The van der Waals surface area contributed by atoms with Crippen LogP contribution in [-0.2, 0) is 0 Å². The first-order valence-electron chi connectivity index (χ1n) is 7.70. The van der Waals surface area contributed by atoms with Gasteiger partial charge in [0.05, 0.1) is 17.1 Å². The first kappa shape index (κ1) is 14.7. The molecule has 0 radical (unpaired) electrons. The number of aliphatic hydroxyl groups excluding tert-OH is 1. The molecule has 114 valence electrons. The predicted molar refractivity (Wildman–Crippen MR) is 85.6 cm³/mol. The Morgan fingerprint density at radius 2 is 2.00 bits per heavy atom. The third kappa shape index (κ3) is 2.75. The van der Waals surface area contributed by atoms with Crippen LogP contribution in [0.25, 0.3) is 11.0 Å². The van der Waals surface area contributed by atoms with E-state index in [1.807, 2.05) is 32.0 Å². The van der Waals surface area contributed by atoms with Crippen LogP contribution in [0.2, 0.25) is 0 Å². The molecule has 0 aliphatic carbocycles. The molecule has 0 spiro atoms. The summed E-state index contributed by atoms with van der Waals surface area (Å²) in [5, 5.41) is 19.1. The Labute approximate surface area is 130 Å². The number of nitrogens with zero attached hydrogens (tertiary/aromatic N) is 4. The fraction of sp³-hybridized carbons (Fsp3) is 0.471. The zero-order chi connectivity index (χ0) is 15.7. The normalized spacial score (nSPS) is 17.5. The zero-order valence-corrected chi connectivity index (χ0v) is 13.0. The molecule has 2 heterocycles. The number of benzene rings is 1. The minimum atomic E-state index is -0.275. The average molecular weight is 296 g/mol. The van der Waals surface area contributed by atoms with E-state index >= 15 is 0 Å². The van der Waals surface area contributed by atoms with Crippen molar-refractivity contribution in [3.05, 3.63) is 29.5 Å². The standard InChI is InChI=1S/C17H20N4O/c1-11-3-4-14-15(9-11)19-16(10-18)17(20-14)21-7-5-13(6-8-21)12(2)22/h3-4,9,12-13,22H,5-8H2,1-2H3/t12-/m1/s1. The minimum Gasteiger partial charge on any atom is -0.393 e. The number of aromatic nitrogens is 2. The summed E-state index contributed by atoms with van der Waals surface area (Å²) in [6.07, 6.45) is 1.55. The van der Waals surface area contributed by atoms with Gasteiger partial charge in [0.1, 0.15) is 6.07 Å². The van der Waals surface area contributed by atoms with Crippen molar-refractivity contribution in [1.29, 1.82) is 5.26 Å². The van der Waals surface area contributed by atoms with Crippen molar-refractivity contribution in [2.45, 2.75) is 32.8 Å². The molecular weight excluding hydrogens is 276 g/mol. The first-order valence-corrected chi connectivity index (χ1v) is 7.70. The topological polar surface area (TPSA) is 73.0 Å². The number of piperidine rings is 1. The van der Waals surface area contributed by atoms with Gasteiger partial charge in [-0.25, -0.2) is 9.97 Å². The molecule has 0 bridgehead atoms. The molecule has 5 nitrogen and oxygen atoms in total. The van der Waals surface area contributed by atoms with Crippen LogP contribution in [0.3, 0.4) is 0 Å². The number of hydrogen-bond donors (Lipinski definition) is 1. The lowest BCUT2D eigenvalue weighted by atomic mass is 9.92. The number of hydrogen-bond acceptors (Lipinski definition) is 5. The van der Waals surface area contributed by atoms with Gasteiger partial charge in [0.2, 0.25) is 0 Å². The lowest BCUT2D eigenvalue weighted by Crippen LogP contribution is -2.38. The van der Waals surface area contributed by atoms with Crippen LogP contribution >= 0.6 is 0 Å². The van der Waals surface area contributed by atoms with Gasteiger partial charge in [-0.1, -0.05) is 6.07 Å². The van der Waals surface area contributed by atoms with Gasteiger partial charge in [-0.2, -0.15) is 5.26 Å².